The summed E-state index contributed by atoms with van der Waals surface area (Å²) in [6.07, 6.45) is 1.14. The molecule has 5 nitrogen and oxygen atoms in total. The zero-order valence-corrected chi connectivity index (χ0v) is 10.3. The van der Waals surface area contributed by atoms with Gasteiger partial charge in [0, 0.05) is 26.4 Å². The number of anilines is 1. The number of methoxy groups -OCH3 is 1. The van der Waals surface area contributed by atoms with Gasteiger partial charge in [0.2, 0.25) is 0 Å². The number of nitrogens with zero attached hydrogens (tertiary/aromatic N) is 2. The molecule has 0 radical (unpaired) electrons. The van der Waals surface area contributed by atoms with Gasteiger partial charge in [-0.25, -0.2) is 4.98 Å². The van der Waals surface area contributed by atoms with Crippen molar-refractivity contribution in [2.24, 2.45) is 0 Å². The van der Waals surface area contributed by atoms with Gasteiger partial charge in [0.25, 0.3) is 0 Å². The van der Waals surface area contributed by atoms with Crippen LogP contribution >= 0.6 is 0 Å². The Morgan fingerprint density at radius 3 is 2.82 bits per heavy atom. The van der Waals surface area contributed by atoms with E-state index in [-0.39, 0.29) is 6.61 Å². The maximum atomic E-state index is 9.52. The van der Waals surface area contributed by atoms with Crippen LogP contribution in [0.15, 0.2) is 18.3 Å². The van der Waals surface area contributed by atoms with Crippen molar-refractivity contribution in [1.29, 1.82) is 0 Å². The number of aromatic nitrogens is 1. The smallest absolute Gasteiger partial charge is 0.128 e. The highest BCUT2D eigenvalue weighted by Crippen LogP contribution is 2.17. The number of pyridine rings is 1. The summed E-state index contributed by atoms with van der Waals surface area (Å²) in [6, 6.07) is 3.61. The van der Waals surface area contributed by atoms with Gasteiger partial charge in [0.1, 0.15) is 5.82 Å². The lowest BCUT2D eigenvalue weighted by molar-refractivity contribution is 0.198. The summed E-state index contributed by atoms with van der Waals surface area (Å²) >= 11 is 0. The molecule has 0 saturated heterocycles. The van der Waals surface area contributed by atoms with Crippen molar-refractivity contribution in [1.82, 2.24) is 4.98 Å². The van der Waals surface area contributed by atoms with Crippen LogP contribution < -0.4 is 4.90 Å². The Hall–Kier alpha value is -1.17. The molecule has 96 valence electrons. The molecule has 0 aliphatic carbocycles. The molecule has 1 unspecified atom stereocenters. The van der Waals surface area contributed by atoms with Crippen molar-refractivity contribution >= 4 is 5.82 Å². The van der Waals surface area contributed by atoms with E-state index >= 15 is 0 Å². The third kappa shape index (κ3) is 4.30. The number of aliphatic hydroxyl groups excluding tert-OH is 2. The van der Waals surface area contributed by atoms with Gasteiger partial charge in [-0.05, 0) is 24.6 Å². The van der Waals surface area contributed by atoms with Crippen molar-refractivity contribution in [3.05, 3.63) is 23.9 Å². The molecule has 1 aromatic rings. The highest BCUT2D eigenvalue weighted by molar-refractivity contribution is 5.41. The molecule has 0 fully saturated rings. The fourth-order valence-corrected chi connectivity index (χ4v) is 1.53. The minimum Gasteiger partial charge on any atom is -0.395 e. The monoisotopic (exact) mass is 240 g/mol. The maximum absolute atomic E-state index is 9.52. The van der Waals surface area contributed by atoms with Gasteiger partial charge in [0.15, 0.2) is 0 Å². The number of hydrogen-bond acceptors (Lipinski definition) is 5. The van der Waals surface area contributed by atoms with E-state index in [4.69, 9.17) is 9.84 Å². The first-order valence-corrected chi connectivity index (χ1v) is 5.67. The summed E-state index contributed by atoms with van der Waals surface area (Å²) in [5, 5.41) is 18.5. The number of aliphatic hydroxyl groups is 2. The molecule has 0 saturated carbocycles. The Kier molecular flexibility index (Phi) is 5.90. The van der Waals surface area contributed by atoms with E-state index in [1.807, 2.05) is 11.0 Å². The molecule has 0 aliphatic heterocycles. The minimum absolute atomic E-state index is 0.0598. The van der Waals surface area contributed by atoms with Crippen molar-refractivity contribution in [2.75, 3.05) is 38.3 Å². The standard InChI is InChI=1S/C12H20N2O3/c1-10(16)11-3-4-13-12(9-11)14(5-7-15)6-8-17-2/h3-4,9-10,15-16H,5-8H2,1-2H3. The summed E-state index contributed by atoms with van der Waals surface area (Å²) < 4.78 is 5.02. The van der Waals surface area contributed by atoms with Gasteiger partial charge in [-0.15, -0.1) is 0 Å². The van der Waals surface area contributed by atoms with Crippen molar-refractivity contribution in [2.45, 2.75) is 13.0 Å². The Balaban J connectivity index is 2.81. The molecule has 0 aliphatic rings. The summed E-state index contributed by atoms with van der Waals surface area (Å²) in [5.74, 6) is 0.745. The van der Waals surface area contributed by atoms with Crippen LogP contribution in [0.25, 0.3) is 0 Å². The molecule has 17 heavy (non-hydrogen) atoms. The molecular formula is C12H20N2O3. The van der Waals surface area contributed by atoms with Crippen LogP contribution in [0.2, 0.25) is 0 Å². The summed E-state index contributed by atoms with van der Waals surface area (Å²) in [6.45, 7) is 3.50. The Morgan fingerprint density at radius 1 is 1.47 bits per heavy atom. The molecule has 1 rings (SSSR count). The van der Waals surface area contributed by atoms with Crippen LogP contribution in [0.1, 0.15) is 18.6 Å². The Morgan fingerprint density at radius 2 is 2.24 bits per heavy atom. The summed E-state index contributed by atoms with van der Waals surface area (Å²) in [4.78, 5) is 6.17. The van der Waals surface area contributed by atoms with Gasteiger partial charge >= 0.3 is 0 Å². The third-order valence-electron chi connectivity index (χ3n) is 2.51. The highest BCUT2D eigenvalue weighted by atomic mass is 16.5. The van der Waals surface area contributed by atoms with Gasteiger partial charge in [-0.3, -0.25) is 0 Å². The fraction of sp³-hybridized carbons (Fsp3) is 0.583. The van der Waals surface area contributed by atoms with E-state index in [0.29, 0.717) is 19.7 Å². The first kappa shape index (κ1) is 13.9. The first-order chi connectivity index (χ1) is 8.19. The molecule has 0 aromatic carbocycles. The quantitative estimate of drug-likeness (QED) is 0.730. The van der Waals surface area contributed by atoms with E-state index < -0.39 is 6.10 Å². The predicted octanol–water partition coefficient (Wildman–Crippen LogP) is 0.580. The molecule has 1 atom stereocenters. The molecule has 1 heterocycles. The van der Waals surface area contributed by atoms with E-state index in [0.717, 1.165) is 11.4 Å². The van der Waals surface area contributed by atoms with Crippen LogP contribution in [0.4, 0.5) is 5.82 Å². The average Bonchev–Trinajstić information content (AvgIpc) is 2.34. The van der Waals surface area contributed by atoms with Crippen LogP contribution in [0.3, 0.4) is 0 Å². The summed E-state index contributed by atoms with van der Waals surface area (Å²) in [7, 11) is 1.64. The number of rotatable bonds is 7. The molecule has 2 N–H and O–H groups in total. The zero-order valence-electron chi connectivity index (χ0n) is 10.3. The SMILES string of the molecule is COCCN(CCO)c1cc(C(C)O)ccn1. The highest BCUT2D eigenvalue weighted by Gasteiger charge is 2.09. The molecule has 5 heteroatoms. The minimum atomic E-state index is -0.518. The molecule has 0 amide bonds. The van der Waals surface area contributed by atoms with Crippen molar-refractivity contribution < 1.29 is 14.9 Å². The third-order valence-corrected chi connectivity index (χ3v) is 2.51. The largest absolute Gasteiger partial charge is 0.395 e. The first-order valence-electron chi connectivity index (χ1n) is 5.67. The average molecular weight is 240 g/mol. The van der Waals surface area contributed by atoms with Crippen LogP contribution in [-0.2, 0) is 4.74 Å². The lowest BCUT2D eigenvalue weighted by Gasteiger charge is -2.23. The zero-order chi connectivity index (χ0) is 12.7. The van der Waals surface area contributed by atoms with Gasteiger partial charge in [-0.1, -0.05) is 0 Å². The van der Waals surface area contributed by atoms with Crippen molar-refractivity contribution in [3.8, 4) is 0 Å². The second-order valence-corrected chi connectivity index (χ2v) is 3.83. The van der Waals surface area contributed by atoms with Gasteiger partial charge in [0.05, 0.1) is 19.3 Å². The van der Waals surface area contributed by atoms with E-state index in [9.17, 15) is 5.11 Å². The topological polar surface area (TPSA) is 65.8 Å². The number of ether oxygens (including phenoxy) is 1. The van der Waals surface area contributed by atoms with E-state index in [1.165, 1.54) is 0 Å². The van der Waals surface area contributed by atoms with Crippen LogP contribution in [0, 0.1) is 0 Å². The van der Waals surface area contributed by atoms with Gasteiger partial charge < -0.3 is 19.8 Å². The van der Waals surface area contributed by atoms with Crippen LogP contribution in [0.5, 0.6) is 0 Å². The molecule has 1 aromatic heterocycles. The van der Waals surface area contributed by atoms with Crippen molar-refractivity contribution in [3.63, 3.8) is 0 Å². The molecule has 0 spiro atoms. The number of hydrogen-bond donors (Lipinski definition) is 2. The van der Waals surface area contributed by atoms with Crippen LogP contribution in [-0.4, -0.2) is 48.6 Å². The van der Waals surface area contributed by atoms with E-state index in [1.54, 1.807) is 26.3 Å². The maximum Gasteiger partial charge on any atom is 0.128 e. The lowest BCUT2D eigenvalue weighted by atomic mass is 10.1. The fourth-order valence-electron chi connectivity index (χ4n) is 1.53. The Bertz CT molecular complexity index is 331. The van der Waals surface area contributed by atoms with Gasteiger partial charge in [-0.2, -0.15) is 0 Å². The second-order valence-electron chi connectivity index (χ2n) is 3.83. The predicted molar refractivity (Wildman–Crippen MR) is 66.0 cm³/mol. The summed E-state index contributed by atoms with van der Waals surface area (Å²) in [5.41, 5.74) is 0.815. The molecule has 0 bridgehead atoms. The molecular weight excluding hydrogens is 220 g/mol. The lowest BCUT2D eigenvalue weighted by Crippen LogP contribution is -2.31. The Labute approximate surface area is 102 Å². The van der Waals surface area contributed by atoms with E-state index in [2.05, 4.69) is 4.98 Å². The normalized spacial score (nSPS) is 12.5. The second kappa shape index (κ2) is 7.21.